The van der Waals surface area contributed by atoms with Crippen LogP contribution >= 0.6 is 0 Å². The Hall–Kier alpha value is -6.12. The van der Waals surface area contributed by atoms with Crippen LogP contribution in [0.5, 0.6) is 0 Å². The van der Waals surface area contributed by atoms with E-state index in [2.05, 4.69) is 187 Å². The first-order valence-electron chi connectivity index (χ1n) is 15.7. The smallest absolute Gasteiger partial charge is 0.0390 e. The largest absolute Gasteiger partial charge is 0.356 e. The van der Waals surface area contributed by atoms with Crippen LogP contribution < -0.4 is 10.6 Å². The molecule has 0 spiro atoms. The fraction of sp³-hybridized carbons (Fsp3) is 0. The van der Waals surface area contributed by atoms with Gasteiger partial charge in [0.25, 0.3) is 0 Å². The van der Waals surface area contributed by atoms with Crippen LogP contribution in [0.15, 0.2) is 182 Å². The monoisotopic (exact) mass is 588 g/mol. The van der Waals surface area contributed by atoms with Crippen molar-refractivity contribution in [1.82, 2.24) is 0 Å². The molecule has 0 unspecified atom stereocenters. The van der Waals surface area contributed by atoms with Crippen molar-refractivity contribution in [2.45, 2.75) is 0 Å². The second-order valence-corrected chi connectivity index (χ2v) is 11.7. The van der Waals surface area contributed by atoms with E-state index in [1.807, 2.05) is 6.07 Å². The average molecular weight is 589 g/mol. The van der Waals surface area contributed by atoms with E-state index in [-0.39, 0.29) is 0 Å². The molecule has 0 fully saturated rings. The van der Waals surface area contributed by atoms with E-state index in [1.54, 1.807) is 0 Å². The molecule has 0 radical (unpaired) electrons. The van der Waals surface area contributed by atoms with Crippen molar-refractivity contribution < 1.29 is 0 Å². The number of benzene rings is 8. The number of fused-ring (bicyclic) bond motifs is 2. The van der Waals surface area contributed by atoms with Crippen molar-refractivity contribution in [1.29, 1.82) is 0 Å². The van der Waals surface area contributed by atoms with Gasteiger partial charge in [-0.15, -0.1) is 0 Å². The van der Waals surface area contributed by atoms with Gasteiger partial charge in [-0.1, -0.05) is 121 Å². The van der Waals surface area contributed by atoms with E-state index < -0.39 is 0 Å². The first kappa shape index (κ1) is 27.4. The molecule has 0 aromatic heterocycles. The molecule has 2 N–H and O–H groups in total. The van der Waals surface area contributed by atoms with Gasteiger partial charge >= 0.3 is 0 Å². The molecule has 2 heteroatoms. The lowest BCUT2D eigenvalue weighted by atomic mass is 9.97. The second kappa shape index (κ2) is 12.1. The molecule has 0 heterocycles. The quantitative estimate of drug-likeness (QED) is 0.193. The lowest BCUT2D eigenvalue weighted by Gasteiger charge is -2.11. The zero-order valence-electron chi connectivity index (χ0n) is 25.3. The van der Waals surface area contributed by atoms with Crippen LogP contribution in [0.3, 0.4) is 0 Å². The highest BCUT2D eigenvalue weighted by molar-refractivity contribution is 5.91. The third kappa shape index (κ3) is 5.85. The summed E-state index contributed by atoms with van der Waals surface area (Å²) >= 11 is 0. The van der Waals surface area contributed by atoms with E-state index in [4.69, 9.17) is 0 Å². The molecule has 218 valence electrons. The molecule has 8 rings (SSSR count). The molecule has 8 aromatic carbocycles. The maximum atomic E-state index is 3.60. The Morgan fingerprint density at radius 3 is 1.43 bits per heavy atom. The Balaban J connectivity index is 0.990. The number of hydrogen-bond donors (Lipinski definition) is 2. The number of nitrogens with one attached hydrogen (secondary N) is 2. The summed E-state index contributed by atoms with van der Waals surface area (Å²) in [6.45, 7) is 0. The van der Waals surface area contributed by atoms with Crippen LogP contribution in [-0.4, -0.2) is 0 Å². The number of anilines is 4. The molecule has 0 atom stereocenters. The molecular formula is C44H32N2. The fourth-order valence-corrected chi connectivity index (χ4v) is 6.13. The molecule has 0 aliphatic heterocycles. The van der Waals surface area contributed by atoms with Gasteiger partial charge in [0, 0.05) is 22.7 Å². The number of rotatable bonds is 7. The van der Waals surface area contributed by atoms with Crippen LogP contribution in [0.25, 0.3) is 54.9 Å². The summed E-state index contributed by atoms with van der Waals surface area (Å²) in [6, 6.07) is 64.7. The molecule has 2 nitrogen and oxygen atoms in total. The van der Waals surface area contributed by atoms with Crippen molar-refractivity contribution in [2.24, 2.45) is 0 Å². The van der Waals surface area contributed by atoms with Crippen LogP contribution in [0.4, 0.5) is 22.7 Å². The van der Waals surface area contributed by atoms with Gasteiger partial charge in [0.2, 0.25) is 0 Å². The van der Waals surface area contributed by atoms with E-state index in [1.165, 1.54) is 54.9 Å². The van der Waals surface area contributed by atoms with Gasteiger partial charge < -0.3 is 10.6 Å². The maximum Gasteiger partial charge on any atom is 0.0390 e. The molecule has 0 aliphatic rings. The molecular weight excluding hydrogens is 556 g/mol. The summed E-state index contributed by atoms with van der Waals surface area (Å²) < 4.78 is 0. The Kier molecular flexibility index (Phi) is 7.22. The highest BCUT2D eigenvalue weighted by Crippen LogP contribution is 2.32. The fourth-order valence-electron chi connectivity index (χ4n) is 6.13. The minimum atomic E-state index is 1.07. The molecule has 46 heavy (non-hydrogen) atoms. The predicted octanol–water partition coefficient (Wildman–Crippen LogP) is 12.5. The van der Waals surface area contributed by atoms with Gasteiger partial charge in [0.05, 0.1) is 0 Å². The zero-order valence-corrected chi connectivity index (χ0v) is 25.3. The third-order valence-corrected chi connectivity index (χ3v) is 8.55. The van der Waals surface area contributed by atoms with Crippen LogP contribution in [0, 0.1) is 0 Å². The van der Waals surface area contributed by atoms with Gasteiger partial charge in [-0.2, -0.15) is 0 Å². The lowest BCUT2D eigenvalue weighted by Crippen LogP contribution is -1.91. The molecule has 8 aromatic rings. The minimum Gasteiger partial charge on any atom is -0.356 e. The summed E-state index contributed by atoms with van der Waals surface area (Å²) in [6.07, 6.45) is 0. The average Bonchev–Trinajstić information content (AvgIpc) is 3.12. The van der Waals surface area contributed by atoms with Crippen molar-refractivity contribution in [3.8, 4) is 33.4 Å². The molecule has 0 aliphatic carbocycles. The summed E-state index contributed by atoms with van der Waals surface area (Å²) in [7, 11) is 0. The molecule has 0 amide bonds. The summed E-state index contributed by atoms with van der Waals surface area (Å²) in [5.41, 5.74) is 11.5. The van der Waals surface area contributed by atoms with Crippen molar-refractivity contribution >= 4 is 44.3 Å². The van der Waals surface area contributed by atoms with Gasteiger partial charge in [-0.3, -0.25) is 0 Å². The lowest BCUT2D eigenvalue weighted by molar-refractivity contribution is 1.55. The summed E-state index contributed by atoms with van der Waals surface area (Å²) in [5.74, 6) is 0. The van der Waals surface area contributed by atoms with Crippen LogP contribution in [0.1, 0.15) is 0 Å². The van der Waals surface area contributed by atoms with Crippen molar-refractivity contribution in [3.63, 3.8) is 0 Å². The van der Waals surface area contributed by atoms with Crippen molar-refractivity contribution in [2.75, 3.05) is 10.6 Å². The highest BCUT2D eigenvalue weighted by atomic mass is 14.9. The Labute approximate surface area is 269 Å². The van der Waals surface area contributed by atoms with Crippen LogP contribution in [0.2, 0.25) is 0 Å². The Bertz CT molecular complexity index is 2300. The zero-order chi connectivity index (χ0) is 30.7. The van der Waals surface area contributed by atoms with E-state index in [0.717, 1.165) is 22.7 Å². The highest BCUT2D eigenvalue weighted by Gasteiger charge is 2.06. The standard InChI is InChI=1S/C44H32N2/c1-2-8-31(9-3-1)37-14-7-15-42(28-37)46-44-25-21-39-27-38(16-17-40(39)30-44)35-13-6-12-34(26-35)33-18-22-41(23-19-33)45-43-24-20-32-10-4-5-11-36(32)29-43/h1-30,45-46H. The van der Waals surface area contributed by atoms with Gasteiger partial charge in [0.15, 0.2) is 0 Å². The SMILES string of the molecule is c1ccc(-c2cccc(Nc3ccc4cc(-c5cccc(-c6ccc(Nc7ccc8ccccc8c7)cc6)c5)ccc4c3)c2)cc1. The van der Waals surface area contributed by atoms with Crippen molar-refractivity contribution in [3.05, 3.63) is 182 Å². The first-order chi connectivity index (χ1) is 22.7. The third-order valence-electron chi connectivity index (χ3n) is 8.55. The Morgan fingerprint density at radius 1 is 0.217 bits per heavy atom. The van der Waals surface area contributed by atoms with E-state index >= 15 is 0 Å². The molecule has 0 bridgehead atoms. The predicted molar refractivity (Wildman–Crippen MR) is 197 cm³/mol. The Morgan fingerprint density at radius 2 is 0.652 bits per heavy atom. The van der Waals surface area contributed by atoms with Crippen LogP contribution in [-0.2, 0) is 0 Å². The summed E-state index contributed by atoms with van der Waals surface area (Å²) in [4.78, 5) is 0. The van der Waals surface area contributed by atoms with E-state index in [9.17, 15) is 0 Å². The van der Waals surface area contributed by atoms with E-state index in [0.29, 0.717) is 0 Å². The maximum absolute atomic E-state index is 3.60. The topological polar surface area (TPSA) is 24.1 Å². The summed E-state index contributed by atoms with van der Waals surface area (Å²) in [5, 5.41) is 12.1. The van der Waals surface area contributed by atoms with Gasteiger partial charge in [-0.05, 0) is 116 Å². The first-order valence-corrected chi connectivity index (χ1v) is 15.7. The van der Waals surface area contributed by atoms with Gasteiger partial charge in [0.1, 0.15) is 0 Å². The normalized spacial score (nSPS) is 11.0. The molecule has 0 saturated carbocycles. The second-order valence-electron chi connectivity index (χ2n) is 11.7. The van der Waals surface area contributed by atoms with Gasteiger partial charge in [-0.25, -0.2) is 0 Å². The number of hydrogen-bond acceptors (Lipinski definition) is 2. The molecule has 0 saturated heterocycles. The minimum absolute atomic E-state index is 1.07.